The lowest BCUT2D eigenvalue weighted by Crippen LogP contribution is -2.17. The molecule has 100 valence electrons. The molecule has 0 aliphatic rings. The van der Waals surface area contributed by atoms with Gasteiger partial charge in [0.2, 0.25) is 0 Å². The molecule has 1 aromatic carbocycles. The van der Waals surface area contributed by atoms with Gasteiger partial charge in [-0.2, -0.15) is 0 Å². The van der Waals surface area contributed by atoms with Gasteiger partial charge in [0.25, 0.3) is 0 Å². The second-order valence-electron chi connectivity index (χ2n) is 4.62. The molecule has 1 aromatic heterocycles. The highest BCUT2D eigenvalue weighted by Gasteiger charge is 2.10. The van der Waals surface area contributed by atoms with Crippen LogP contribution in [0.4, 0.5) is 0 Å². The van der Waals surface area contributed by atoms with Gasteiger partial charge < -0.3 is 14.8 Å². The number of aromatic carboxylic acids is 1. The van der Waals surface area contributed by atoms with Gasteiger partial charge in [0.15, 0.2) is 0 Å². The van der Waals surface area contributed by atoms with E-state index in [0.717, 1.165) is 0 Å². The molecule has 4 nitrogen and oxygen atoms in total. The number of nitrogens with one attached hydrogen (secondary N) is 1. The van der Waals surface area contributed by atoms with Crippen molar-refractivity contribution >= 4 is 5.97 Å². The number of carbonyl (C=O) groups is 1. The minimum Gasteiger partial charge on any atom is -0.478 e. The summed E-state index contributed by atoms with van der Waals surface area (Å²) in [5, 5.41) is 12.1. The summed E-state index contributed by atoms with van der Waals surface area (Å²) in [5.74, 6) is -0.349. The molecule has 19 heavy (non-hydrogen) atoms. The number of hydrogen-bond acceptors (Lipinski definition) is 3. The van der Waals surface area contributed by atoms with Crippen LogP contribution in [0.25, 0.3) is 0 Å². The van der Waals surface area contributed by atoms with Crippen molar-refractivity contribution < 1.29 is 14.3 Å². The summed E-state index contributed by atoms with van der Waals surface area (Å²) >= 11 is 0. The standard InChI is InChI=1S/C15H17NO3/c1-10-3-5-12(6-4-10)11(2)16-8-14-7-13(9-19-14)15(17)18/h3-7,9,11,16H,8H2,1-2H3,(H,17,18)/t11-/m1/s1. The van der Waals surface area contributed by atoms with Gasteiger partial charge >= 0.3 is 5.97 Å². The number of benzene rings is 1. The molecule has 0 unspecified atom stereocenters. The number of rotatable bonds is 5. The van der Waals surface area contributed by atoms with Crippen LogP contribution in [0.2, 0.25) is 0 Å². The Bertz CT molecular complexity index is 557. The zero-order valence-electron chi connectivity index (χ0n) is 11.0. The lowest BCUT2D eigenvalue weighted by molar-refractivity contribution is 0.0696. The van der Waals surface area contributed by atoms with Crippen LogP contribution in [-0.4, -0.2) is 11.1 Å². The van der Waals surface area contributed by atoms with Crippen molar-refractivity contribution in [3.05, 3.63) is 59.0 Å². The largest absolute Gasteiger partial charge is 0.478 e. The minimum absolute atomic E-state index is 0.180. The van der Waals surface area contributed by atoms with E-state index in [0.29, 0.717) is 12.3 Å². The summed E-state index contributed by atoms with van der Waals surface area (Å²) in [5.41, 5.74) is 2.60. The summed E-state index contributed by atoms with van der Waals surface area (Å²) < 4.78 is 5.19. The van der Waals surface area contributed by atoms with E-state index in [4.69, 9.17) is 9.52 Å². The van der Waals surface area contributed by atoms with E-state index in [2.05, 4.69) is 43.4 Å². The lowest BCUT2D eigenvalue weighted by Gasteiger charge is -2.13. The van der Waals surface area contributed by atoms with Crippen LogP contribution >= 0.6 is 0 Å². The van der Waals surface area contributed by atoms with Gasteiger partial charge in [-0.05, 0) is 25.5 Å². The van der Waals surface area contributed by atoms with Crippen LogP contribution in [0, 0.1) is 6.92 Å². The van der Waals surface area contributed by atoms with Crippen LogP contribution in [0.1, 0.15) is 40.2 Å². The van der Waals surface area contributed by atoms with Gasteiger partial charge in [-0.25, -0.2) is 4.79 Å². The van der Waals surface area contributed by atoms with Gasteiger partial charge in [0.1, 0.15) is 12.0 Å². The number of aryl methyl sites for hydroxylation is 1. The van der Waals surface area contributed by atoms with E-state index in [9.17, 15) is 4.79 Å². The summed E-state index contributed by atoms with van der Waals surface area (Å²) in [6.07, 6.45) is 1.26. The molecule has 0 fully saturated rings. The van der Waals surface area contributed by atoms with Crippen molar-refractivity contribution in [1.29, 1.82) is 0 Å². The van der Waals surface area contributed by atoms with Crippen LogP contribution in [0.15, 0.2) is 41.0 Å². The Balaban J connectivity index is 1.94. The Morgan fingerprint density at radius 2 is 2.05 bits per heavy atom. The fraction of sp³-hybridized carbons (Fsp3) is 0.267. The maximum atomic E-state index is 10.7. The molecular weight excluding hydrogens is 242 g/mol. The Labute approximate surface area is 112 Å². The normalized spacial score (nSPS) is 12.3. The molecule has 4 heteroatoms. The van der Waals surface area contributed by atoms with Gasteiger partial charge in [0, 0.05) is 6.04 Å². The maximum absolute atomic E-state index is 10.7. The molecule has 0 spiro atoms. The quantitative estimate of drug-likeness (QED) is 0.866. The molecule has 1 atom stereocenters. The number of hydrogen-bond donors (Lipinski definition) is 2. The highest BCUT2D eigenvalue weighted by atomic mass is 16.4. The second-order valence-corrected chi connectivity index (χ2v) is 4.62. The Kier molecular flexibility index (Phi) is 4.02. The summed E-state index contributed by atoms with van der Waals surface area (Å²) in [6.45, 7) is 4.62. The fourth-order valence-electron chi connectivity index (χ4n) is 1.81. The second kappa shape index (κ2) is 5.71. The van der Waals surface area contributed by atoms with E-state index < -0.39 is 5.97 Å². The van der Waals surface area contributed by atoms with Crippen molar-refractivity contribution in [2.75, 3.05) is 0 Å². The number of furan rings is 1. The fourth-order valence-corrected chi connectivity index (χ4v) is 1.81. The zero-order valence-corrected chi connectivity index (χ0v) is 11.0. The monoisotopic (exact) mass is 259 g/mol. The van der Waals surface area contributed by atoms with Gasteiger partial charge in [0.05, 0.1) is 12.1 Å². The third-order valence-electron chi connectivity index (χ3n) is 3.06. The Morgan fingerprint density at radius 3 is 2.63 bits per heavy atom. The van der Waals surface area contributed by atoms with Crippen molar-refractivity contribution in [3.8, 4) is 0 Å². The van der Waals surface area contributed by atoms with Crippen molar-refractivity contribution in [2.45, 2.75) is 26.4 Å². The summed E-state index contributed by atoms with van der Waals surface area (Å²) in [6, 6.07) is 10.0. The highest BCUT2D eigenvalue weighted by molar-refractivity contribution is 5.87. The molecule has 2 aromatic rings. The Hall–Kier alpha value is -2.07. The maximum Gasteiger partial charge on any atom is 0.338 e. The van der Waals surface area contributed by atoms with Crippen LogP contribution in [-0.2, 0) is 6.54 Å². The topological polar surface area (TPSA) is 62.5 Å². The molecule has 0 radical (unpaired) electrons. The molecule has 0 bridgehead atoms. The summed E-state index contributed by atoms with van der Waals surface area (Å²) in [7, 11) is 0. The first-order valence-electron chi connectivity index (χ1n) is 6.17. The smallest absolute Gasteiger partial charge is 0.338 e. The molecular formula is C15H17NO3. The van der Waals surface area contributed by atoms with E-state index in [1.807, 2.05) is 0 Å². The minimum atomic E-state index is -0.971. The molecule has 2 rings (SSSR count). The molecule has 0 aliphatic carbocycles. The summed E-state index contributed by atoms with van der Waals surface area (Å²) in [4.78, 5) is 10.7. The number of carboxylic acid groups (broad SMARTS) is 1. The van der Waals surface area contributed by atoms with E-state index in [-0.39, 0.29) is 11.6 Å². The van der Waals surface area contributed by atoms with Crippen LogP contribution in [0.5, 0.6) is 0 Å². The van der Waals surface area contributed by atoms with Crippen LogP contribution in [0.3, 0.4) is 0 Å². The zero-order chi connectivity index (χ0) is 13.8. The van der Waals surface area contributed by atoms with Crippen LogP contribution < -0.4 is 5.32 Å². The first-order valence-corrected chi connectivity index (χ1v) is 6.17. The Morgan fingerprint density at radius 1 is 1.37 bits per heavy atom. The third kappa shape index (κ3) is 3.45. The van der Waals surface area contributed by atoms with Gasteiger partial charge in [-0.3, -0.25) is 0 Å². The predicted octanol–water partition coefficient (Wildman–Crippen LogP) is 3.14. The van der Waals surface area contributed by atoms with Gasteiger partial charge in [-0.15, -0.1) is 0 Å². The molecule has 0 amide bonds. The first-order chi connectivity index (χ1) is 9.06. The average molecular weight is 259 g/mol. The highest BCUT2D eigenvalue weighted by Crippen LogP contribution is 2.15. The lowest BCUT2D eigenvalue weighted by atomic mass is 10.1. The average Bonchev–Trinajstić information content (AvgIpc) is 2.86. The SMILES string of the molecule is Cc1ccc([C@@H](C)NCc2cc(C(=O)O)co2)cc1. The van der Waals surface area contributed by atoms with Gasteiger partial charge in [-0.1, -0.05) is 29.8 Å². The number of carboxylic acids is 1. The first kappa shape index (κ1) is 13.4. The third-order valence-corrected chi connectivity index (χ3v) is 3.06. The molecule has 0 aliphatic heterocycles. The van der Waals surface area contributed by atoms with E-state index in [1.165, 1.54) is 23.5 Å². The van der Waals surface area contributed by atoms with Crippen molar-refractivity contribution in [3.63, 3.8) is 0 Å². The van der Waals surface area contributed by atoms with E-state index >= 15 is 0 Å². The molecule has 0 saturated heterocycles. The van der Waals surface area contributed by atoms with Crippen molar-refractivity contribution in [2.24, 2.45) is 0 Å². The molecule has 1 heterocycles. The predicted molar refractivity (Wildman–Crippen MR) is 72.1 cm³/mol. The van der Waals surface area contributed by atoms with E-state index in [1.54, 1.807) is 0 Å². The molecule has 2 N–H and O–H groups in total. The molecule has 0 saturated carbocycles. The van der Waals surface area contributed by atoms with Crippen molar-refractivity contribution in [1.82, 2.24) is 5.32 Å².